The minimum absolute atomic E-state index is 0.0494. The number of nitro groups is 1. The molecule has 0 aliphatic heterocycles. The lowest BCUT2D eigenvalue weighted by atomic mass is 10.3. The fourth-order valence-electron chi connectivity index (χ4n) is 0.704. The number of halogens is 2. The lowest BCUT2D eigenvalue weighted by Gasteiger charge is -2.00. The van der Waals surface area contributed by atoms with E-state index in [1.54, 1.807) is 12.1 Å². The summed E-state index contributed by atoms with van der Waals surface area (Å²) in [5, 5.41) is 10.5. The Hall–Kier alpha value is 0.180. The first kappa shape index (κ1) is 10.3. The second-order valence-corrected chi connectivity index (χ2v) is 4.45. The van der Waals surface area contributed by atoms with Gasteiger partial charge in [0, 0.05) is 4.47 Å². The molecule has 0 bridgehead atoms. The lowest BCUT2D eigenvalue weighted by Crippen LogP contribution is -1.93. The highest BCUT2D eigenvalue weighted by atomic mass is 127. The summed E-state index contributed by atoms with van der Waals surface area (Å²) in [6.45, 7) is 0. The average molecular weight is 360 g/mol. The second-order valence-electron chi connectivity index (χ2n) is 1.98. The van der Waals surface area contributed by atoms with Gasteiger partial charge in [-0.15, -0.1) is 12.6 Å². The van der Waals surface area contributed by atoms with Crippen molar-refractivity contribution in [3.05, 3.63) is 30.3 Å². The number of thiol groups is 1. The van der Waals surface area contributed by atoms with Crippen molar-refractivity contribution >= 4 is 56.8 Å². The molecule has 6 heteroatoms. The molecular weight excluding hydrogens is 357 g/mol. The fourth-order valence-corrected chi connectivity index (χ4v) is 2.16. The quantitative estimate of drug-likeness (QED) is 0.362. The van der Waals surface area contributed by atoms with Crippen LogP contribution in [0.15, 0.2) is 21.5 Å². The van der Waals surface area contributed by atoms with Gasteiger partial charge in [0.1, 0.15) is 0 Å². The summed E-state index contributed by atoms with van der Waals surface area (Å²) in [4.78, 5) is 10.5. The molecule has 1 rings (SSSR count). The standard InChI is InChI=1S/C6H3BrINO2S/c7-3-1-2-4(8)5(6(3)12)9(10)11/h1-2,12H. The zero-order chi connectivity index (χ0) is 9.30. The molecule has 3 nitrogen and oxygen atoms in total. The van der Waals surface area contributed by atoms with Gasteiger partial charge in [0.2, 0.25) is 0 Å². The van der Waals surface area contributed by atoms with Crippen molar-refractivity contribution in [2.45, 2.75) is 4.90 Å². The molecule has 12 heavy (non-hydrogen) atoms. The van der Waals surface area contributed by atoms with Gasteiger partial charge in [-0.05, 0) is 50.7 Å². The van der Waals surface area contributed by atoms with E-state index >= 15 is 0 Å². The molecule has 0 amide bonds. The Bertz CT molecular complexity index is 345. The van der Waals surface area contributed by atoms with E-state index in [0.29, 0.717) is 12.9 Å². The maximum atomic E-state index is 10.5. The summed E-state index contributed by atoms with van der Waals surface area (Å²) < 4.78 is 1.23. The monoisotopic (exact) mass is 359 g/mol. The Balaban J connectivity index is 3.43. The van der Waals surface area contributed by atoms with E-state index in [1.165, 1.54) is 0 Å². The molecule has 0 N–H and O–H groups in total. The Morgan fingerprint density at radius 1 is 1.58 bits per heavy atom. The summed E-state index contributed by atoms with van der Waals surface area (Å²) in [5.41, 5.74) is 0.0494. The van der Waals surface area contributed by atoms with Gasteiger partial charge in [-0.1, -0.05) is 0 Å². The first-order chi connectivity index (χ1) is 5.54. The summed E-state index contributed by atoms with van der Waals surface area (Å²) in [6, 6.07) is 3.40. The maximum absolute atomic E-state index is 10.5. The fraction of sp³-hybridized carbons (Fsp3) is 0. The van der Waals surface area contributed by atoms with Crippen LogP contribution in [0.3, 0.4) is 0 Å². The van der Waals surface area contributed by atoms with Gasteiger partial charge in [0.15, 0.2) is 0 Å². The highest BCUT2D eigenvalue weighted by Gasteiger charge is 2.17. The van der Waals surface area contributed by atoms with Gasteiger partial charge in [-0.3, -0.25) is 10.1 Å². The highest BCUT2D eigenvalue weighted by molar-refractivity contribution is 14.1. The molecule has 0 spiro atoms. The molecule has 0 saturated heterocycles. The molecule has 0 aliphatic carbocycles. The highest BCUT2D eigenvalue weighted by Crippen LogP contribution is 2.33. The number of benzene rings is 1. The van der Waals surface area contributed by atoms with Gasteiger partial charge >= 0.3 is 0 Å². The van der Waals surface area contributed by atoms with Gasteiger partial charge < -0.3 is 0 Å². The minimum atomic E-state index is -0.436. The van der Waals surface area contributed by atoms with Crippen molar-refractivity contribution in [3.8, 4) is 0 Å². The minimum Gasteiger partial charge on any atom is -0.258 e. The van der Waals surface area contributed by atoms with Crippen LogP contribution < -0.4 is 0 Å². The van der Waals surface area contributed by atoms with Crippen molar-refractivity contribution < 1.29 is 4.92 Å². The van der Waals surface area contributed by atoms with Crippen molar-refractivity contribution in [2.24, 2.45) is 0 Å². The average Bonchev–Trinajstić information content (AvgIpc) is 1.97. The van der Waals surface area contributed by atoms with E-state index in [-0.39, 0.29) is 5.69 Å². The van der Waals surface area contributed by atoms with Crippen molar-refractivity contribution in [1.82, 2.24) is 0 Å². The molecule has 1 aromatic rings. The molecule has 0 fully saturated rings. The largest absolute Gasteiger partial charge is 0.296 e. The third kappa shape index (κ3) is 1.91. The zero-order valence-electron chi connectivity index (χ0n) is 5.62. The number of nitro benzene ring substituents is 1. The van der Waals surface area contributed by atoms with E-state index < -0.39 is 4.92 Å². The zero-order valence-corrected chi connectivity index (χ0v) is 10.3. The molecule has 1 aromatic carbocycles. The van der Waals surface area contributed by atoms with Crippen molar-refractivity contribution in [2.75, 3.05) is 0 Å². The molecule has 64 valence electrons. The Labute approximate surface area is 96.4 Å². The van der Waals surface area contributed by atoms with E-state index in [0.717, 1.165) is 0 Å². The number of nitrogens with zero attached hydrogens (tertiary/aromatic N) is 1. The first-order valence-electron chi connectivity index (χ1n) is 2.85. The van der Waals surface area contributed by atoms with Crippen LogP contribution in [0.2, 0.25) is 0 Å². The van der Waals surface area contributed by atoms with Crippen LogP contribution in [0.25, 0.3) is 0 Å². The van der Waals surface area contributed by atoms with Crippen LogP contribution in [0, 0.1) is 13.7 Å². The predicted molar refractivity (Wildman–Crippen MR) is 60.8 cm³/mol. The Kier molecular flexibility index (Phi) is 3.36. The molecule has 0 radical (unpaired) electrons. The van der Waals surface area contributed by atoms with Gasteiger partial charge in [-0.2, -0.15) is 0 Å². The number of rotatable bonds is 1. The van der Waals surface area contributed by atoms with Crippen LogP contribution >= 0.6 is 51.1 Å². The third-order valence-electron chi connectivity index (χ3n) is 1.24. The van der Waals surface area contributed by atoms with E-state index in [4.69, 9.17) is 0 Å². The molecule has 0 unspecified atom stereocenters. The predicted octanol–water partition coefficient (Wildman–Crippen LogP) is 3.25. The number of hydrogen-bond donors (Lipinski definition) is 1. The van der Waals surface area contributed by atoms with Crippen LogP contribution in [-0.4, -0.2) is 4.92 Å². The van der Waals surface area contributed by atoms with Crippen LogP contribution in [0.5, 0.6) is 0 Å². The van der Waals surface area contributed by atoms with Crippen LogP contribution in [-0.2, 0) is 0 Å². The Morgan fingerprint density at radius 3 is 2.58 bits per heavy atom. The summed E-state index contributed by atoms with van der Waals surface area (Å²) in [7, 11) is 0. The normalized spacial score (nSPS) is 9.92. The number of hydrogen-bond acceptors (Lipinski definition) is 3. The van der Waals surface area contributed by atoms with E-state index in [9.17, 15) is 10.1 Å². The van der Waals surface area contributed by atoms with Gasteiger partial charge in [0.05, 0.1) is 13.4 Å². The van der Waals surface area contributed by atoms with Crippen molar-refractivity contribution in [1.29, 1.82) is 0 Å². The molecule has 0 saturated carbocycles. The first-order valence-corrected chi connectivity index (χ1v) is 5.17. The van der Waals surface area contributed by atoms with E-state index in [1.807, 2.05) is 22.6 Å². The molecule has 0 heterocycles. The lowest BCUT2D eigenvalue weighted by molar-refractivity contribution is -0.388. The SMILES string of the molecule is O=[N+]([O-])c1c(I)ccc(Br)c1S. The molecule has 0 atom stereocenters. The van der Waals surface area contributed by atoms with Crippen LogP contribution in [0.1, 0.15) is 0 Å². The summed E-state index contributed by atoms with van der Waals surface area (Å²) in [6.07, 6.45) is 0. The van der Waals surface area contributed by atoms with Crippen LogP contribution in [0.4, 0.5) is 5.69 Å². The molecule has 0 aromatic heterocycles. The molecule has 0 aliphatic rings. The maximum Gasteiger partial charge on any atom is 0.296 e. The Morgan fingerprint density at radius 2 is 2.17 bits per heavy atom. The summed E-state index contributed by atoms with van der Waals surface area (Å²) >= 11 is 9.10. The van der Waals surface area contributed by atoms with Crippen molar-refractivity contribution in [3.63, 3.8) is 0 Å². The second kappa shape index (κ2) is 3.93. The molecular formula is C6H3BrINO2S. The summed E-state index contributed by atoms with van der Waals surface area (Å²) in [5.74, 6) is 0. The topological polar surface area (TPSA) is 43.1 Å². The smallest absolute Gasteiger partial charge is 0.258 e. The van der Waals surface area contributed by atoms with E-state index in [2.05, 4.69) is 28.6 Å². The van der Waals surface area contributed by atoms with Gasteiger partial charge in [-0.25, -0.2) is 0 Å². The van der Waals surface area contributed by atoms with Gasteiger partial charge in [0.25, 0.3) is 5.69 Å². The third-order valence-corrected chi connectivity index (χ3v) is 3.53.